The maximum absolute atomic E-state index is 12.5. The molecule has 0 saturated heterocycles. The Morgan fingerprint density at radius 2 is 2.00 bits per heavy atom. The number of esters is 1. The highest BCUT2D eigenvalue weighted by atomic mass is 35.5. The van der Waals surface area contributed by atoms with Crippen LogP contribution in [0.3, 0.4) is 0 Å². The number of halogens is 1. The zero-order chi connectivity index (χ0) is 21.3. The molecule has 0 aliphatic carbocycles. The third-order valence-corrected chi connectivity index (χ3v) is 5.44. The summed E-state index contributed by atoms with van der Waals surface area (Å²) in [4.78, 5) is 41.5. The standard InChI is InChI=1S/C20H19ClN2O5S/c1-9(2)8-27-19(26)17-11(4)22-20(29-17)23-18(25)16-7-14(24)12-6-13(21)10(3)5-15(12)28-16/h5-7,9H,8H2,1-4H3,(H,22,23,25). The number of carbonyl (C=O) groups excluding carboxylic acids is 2. The number of hydrogen-bond acceptors (Lipinski definition) is 7. The van der Waals surface area contributed by atoms with Crippen molar-refractivity contribution in [3.8, 4) is 0 Å². The number of anilines is 1. The lowest BCUT2D eigenvalue weighted by molar-refractivity contribution is 0.0463. The lowest BCUT2D eigenvalue weighted by atomic mass is 10.1. The first-order valence-corrected chi connectivity index (χ1v) is 10.0. The molecule has 3 aromatic rings. The van der Waals surface area contributed by atoms with Gasteiger partial charge in [0.1, 0.15) is 10.5 Å². The van der Waals surface area contributed by atoms with Crippen LogP contribution in [-0.2, 0) is 4.74 Å². The van der Waals surface area contributed by atoms with Crippen molar-refractivity contribution >= 4 is 50.9 Å². The molecule has 1 aromatic carbocycles. The Morgan fingerprint density at radius 1 is 1.28 bits per heavy atom. The van der Waals surface area contributed by atoms with Crippen LogP contribution in [-0.4, -0.2) is 23.5 Å². The molecule has 2 heterocycles. The second-order valence-corrected chi connectivity index (χ2v) is 8.36. The molecule has 0 radical (unpaired) electrons. The van der Waals surface area contributed by atoms with Crippen molar-refractivity contribution in [2.75, 3.05) is 11.9 Å². The minimum absolute atomic E-state index is 0.166. The van der Waals surface area contributed by atoms with Crippen LogP contribution in [0, 0.1) is 19.8 Å². The molecule has 0 saturated carbocycles. The molecule has 1 N–H and O–H groups in total. The van der Waals surface area contributed by atoms with Gasteiger partial charge in [-0.1, -0.05) is 36.8 Å². The minimum Gasteiger partial charge on any atom is -0.461 e. The number of benzene rings is 1. The van der Waals surface area contributed by atoms with Crippen molar-refractivity contribution in [1.82, 2.24) is 4.98 Å². The molecule has 152 valence electrons. The maximum atomic E-state index is 12.5. The quantitative estimate of drug-likeness (QED) is 0.590. The number of hydrogen-bond donors (Lipinski definition) is 1. The predicted molar refractivity (Wildman–Crippen MR) is 112 cm³/mol. The van der Waals surface area contributed by atoms with Crippen LogP contribution in [0.5, 0.6) is 0 Å². The van der Waals surface area contributed by atoms with Crippen molar-refractivity contribution in [1.29, 1.82) is 0 Å². The fourth-order valence-electron chi connectivity index (χ4n) is 2.49. The average Bonchev–Trinajstić information content (AvgIpc) is 3.01. The molecule has 1 amide bonds. The molecular weight excluding hydrogens is 416 g/mol. The zero-order valence-corrected chi connectivity index (χ0v) is 17.9. The third-order valence-electron chi connectivity index (χ3n) is 3.98. The van der Waals surface area contributed by atoms with Gasteiger partial charge in [0, 0.05) is 11.1 Å². The number of nitrogens with zero attached hydrogens (tertiary/aromatic N) is 1. The summed E-state index contributed by atoms with van der Waals surface area (Å²) in [6.07, 6.45) is 0. The van der Waals surface area contributed by atoms with Gasteiger partial charge in [0.25, 0.3) is 5.91 Å². The lowest BCUT2D eigenvalue weighted by Gasteiger charge is -2.05. The van der Waals surface area contributed by atoms with E-state index in [0.29, 0.717) is 22.2 Å². The molecule has 0 aliphatic heterocycles. The first-order chi connectivity index (χ1) is 13.7. The van der Waals surface area contributed by atoms with Crippen LogP contribution in [0.2, 0.25) is 5.02 Å². The molecule has 2 aromatic heterocycles. The van der Waals surface area contributed by atoms with Crippen LogP contribution in [0.15, 0.2) is 27.4 Å². The number of rotatable bonds is 5. The monoisotopic (exact) mass is 434 g/mol. The number of aryl methyl sites for hydroxylation is 2. The summed E-state index contributed by atoms with van der Waals surface area (Å²) in [5, 5.41) is 3.50. The molecule has 0 unspecified atom stereocenters. The summed E-state index contributed by atoms with van der Waals surface area (Å²) in [7, 11) is 0. The lowest BCUT2D eigenvalue weighted by Crippen LogP contribution is -2.15. The number of nitrogens with one attached hydrogen (secondary N) is 1. The Kier molecular flexibility index (Phi) is 6.04. The van der Waals surface area contributed by atoms with Crippen LogP contribution in [0.1, 0.15) is 45.3 Å². The molecule has 0 atom stereocenters. The van der Waals surface area contributed by atoms with E-state index in [-0.39, 0.29) is 33.2 Å². The average molecular weight is 435 g/mol. The summed E-state index contributed by atoms with van der Waals surface area (Å²) >= 11 is 7.05. The molecule has 3 rings (SSSR count). The fraction of sp³-hybridized carbons (Fsp3) is 0.300. The topological polar surface area (TPSA) is 98.5 Å². The Morgan fingerprint density at radius 3 is 2.69 bits per heavy atom. The van der Waals surface area contributed by atoms with E-state index in [1.165, 1.54) is 6.07 Å². The predicted octanol–water partition coefficient (Wildman–Crippen LogP) is 4.58. The SMILES string of the molecule is Cc1cc2oc(C(=O)Nc3nc(C)c(C(=O)OCC(C)C)s3)cc(=O)c2cc1Cl. The summed E-state index contributed by atoms with van der Waals surface area (Å²) in [5.74, 6) is -1.09. The van der Waals surface area contributed by atoms with Crippen molar-refractivity contribution in [3.05, 3.63) is 55.3 Å². The highest BCUT2D eigenvalue weighted by molar-refractivity contribution is 7.17. The summed E-state index contributed by atoms with van der Waals surface area (Å²) in [5.41, 5.74) is 1.05. The summed E-state index contributed by atoms with van der Waals surface area (Å²) < 4.78 is 10.8. The van der Waals surface area contributed by atoms with Gasteiger partial charge in [0.15, 0.2) is 16.3 Å². The van der Waals surface area contributed by atoms with Crippen molar-refractivity contribution < 1.29 is 18.7 Å². The van der Waals surface area contributed by atoms with Crippen LogP contribution < -0.4 is 10.7 Å². The van der Waals surface area contributed by atoms with E-state index in [2.05, 4.69) is 10.3 Å². The minimum atomic E-state index is -0.646. The Labute approximate surface area is 175 Å². The Balaban J connectivity index is 1.84. The highest BCUT2D eigenvalue weighted by Crippen LogP contribution is 2.25. The van der Waals surface area contributed by atoms with Gasteiger partial charge in [-0.3, -0.25) is 14.9 Å². The number of ether oxygens (including phenoxy) is 1. The van der Waals surface area contributed by atoms with E-state index in [0.717, 1.165) is 23.0 Å². The highest BCUT2D eigenvalue weighted by Gasteiger charge is 2.20. The smallest absolute Gasteiger partial charge is 0.350 e. The number of aromatic nitrogens is 1. The van der Waals surface area contributed by atoms with Crippen LogP contribution in [0.25, 0.3) is 11.0 Å². The van der Waals surface area contributed by atoms with E-state index < -0.39 is 11.9 Å². The number of carbonyl (C=O) groups is 2. The Hall–Kier alpha value is -2.71. The first kappa shape index (κ1) is 21.0. The van der Waals surface area contributed by atoms with E-state index in [1.54, 1.807) is 19.9 Å². The van der Waals surface area contributed by atoms with Gasteiger partial charge < -0.3 is 9.15 Å². The summed E-state index contributed by atoms with van der Waals surface area (Å²) in [6.45, 7) is 7.59. The molecule has 0 bridgehead atoms. The fourth-order valence-corrected chi connectivity index (χ4v) is 3.51. The molecule has 9 heteroatoms. The second-order valence-electron chi connectivity index (χ2n) is 6.95. The van der Waals surface area contributed by atoms with E-state index >= 15 is 0 Å². The van der Waals surface area contributed by atoms with Crippen LogP contribution in [0.4, 0.5) is 5.13 Å². The van der Waals surface area contributed by atoms with E-state index in [4.69, 9.17) is 20.8 Å². The normalized spacial score (nSPS) is 11.1. The van der Waals surface area contributed by atoms with Gasteiger partial charge in [-0.25, -0.2) is 9.78 Å². The first-order valence-electron chi connectivity index (χ1n) is 8.85. The van der Waals surface area contributed by atoms with Crippen molar-refractivity contribution in [3.63, 3.8) is 0 Å². The van der Waals surface area contributed by atoms with Gasteiger partial charge in [0.05, 0.1) is 17.7 Å². The van der Waals surface area contributed by atoms with E-state index in [9.17, 15) is 14.4 Å². The van der Waals surface area contributed by atoms with E-state index in [1.807, 2.05) is 13.8 Å². The zero-order valence-electron chi connectivity index (χ0n) is 16.3. The third kappa shape index (κ3) is 4.65. The molecule has 0 aliphatic rings. The van der Waals surface area contributed by atoms with Crippen molar-refractivity contribution in [2.45, 2.75) is 27.7 Å². The molecular formula is C20H19ClN2O5S. The second kappa shape index (κ2) is 8.34. The van der Waals surface area contributed by atoms with Gasteiger partial charge in [-0.05, 0) is 37.5 Å². The maximum Gasteiger partial charge on any atom is 0.350 e. The summed E-state index contributed by atoms with van der Waals surface area (Å²) in [6, 6.07) is 4.22. The molecule has 7 nitrogen and oxygen atoms in total. The largest absolute Gasteiger partial charge is 0.461 e. The van der Waals surface area contributed by atoms with Crippen LogP contribution >= 0.6 is 22.9 Å². The molecule has 0 spiro atoms. The Bertz CT molecular complexity index is 1170. The number of fused-ring (bicyclic) bond motifs is 1. The molecule has 29 heavy (non-hydrogen) atoms. The number of amides is 1. The van der Waals surface area contributed by atoms with Gasteiger partial charge in [0.2, 0.25) is 0 Å². The van der Waals surface area contributed by atoms with Crippen molar-refractivity contribution in [2.24, 2.45) is 5.92 Å². The van der Waals surface area contributed by atoms with Gasteiger partial charge in [-0.15, -0.1) is 0 Å². The van der Waals surface area contributed by atoms with Gasteiger partial charge in [-0.2, -0.15) is 0 Å². The van der Waals surface area contributed by atoms with Gasteiger partial charge >= 0.3 is 5.97 Å². The number of thiazole rings is 1. The molecule has 0 fully saturated rings.